The minimum atomic E-state index is 0.255. The largest absolute Gasteiger partial charge is 0.318 e. The highest BCUT2D eigenvalue weighted by Gasteiger charge is 2.19. The molecule has 21 heavy (non-hydrogen) atoms. The van der Waals surface area contributed by atoms with Crippen LogP contribution in [-0.2, 0) is 4.79 Å². The van der Waals surface area contributed by atoms with Crippen LogP contribution in [0.25, 0.3) is 0 Å². The summed E-state index contributed by atoms with van der Waals surface area (Å²) in [7, 11) is 2.02. The Kier molecular flexibility index (Phi) is 13.1. The molecule has 0 bridgehead atoms. The van der Waals surface area contributed by atoms with Gasteiger partial charge in [-0.15, -0.1) is 11.8 Å². The zero-order chi connectivity index (χ0) is 16.1. The first-order chi connectivity index (χ1) is 10.1. The summed E-state index contributed by atoms with van der Waals surface area (Å²) in [5, 5.41) is 3.44. The van der Waals surface area contributed by atoms with Crippen molar-refractivity contribution in [2.75, 3.05) is 39.5 Å². The molecule has 1 rings (SSSR count). The Balaban J connectivity index is 0.000000384. The predicted molar refractivity (Wildman–Crippen MR) is 95.4 cm³/mol. The van der Waals surface area contributed by atoms with Crippen molar-refractivity contribution in [3.8, 4) is 0 Å². The van der Waals surface area contributed by atoms with E-state index in [1.54, 1.807) is 19.4 Å². The molecule has 4 nitrogen and oxygen atoms in total. The van der Waals surface area contributed by atoms with Crippen LogP contribution in [0.1, 0.15) is 26.7 Å². The topological polar surface area (TPSA) is 44.7 Å². The third kappa shape index (κ3) is 9.30. The van der Waals surface area contributed by atoms with Gasteiger partial charge in [-0.25, -0.2) is 4.99 Å². The Labute approximate surface area is 138 Å². The van der Waals surface area contributed by atoms with Crippen molar-refractivity contribution in [1.29, 1.82) is 0 Å². The maximum Gasteiger partial charge on any atom is 0.159 e. The number of rotatable bonds is 7. The van der Waals surface area contributed by atoms with Gasteiger partial charge in [0.1, 0.15) is 5.16 Å². The molecule has 1 aliphatic rings. The van der Waals surface area contributed by atoms with E-state index in [2.05, 4.69) is 22.1 Å². The summed E-state index contributed by atoms with van der Waals surface area (Å²) < 4.78 is 0. The van der Waals surface area contributed by atoms with Crippen molar-refractivity contribution in [2.45, 2.75) is 26.7 Å². The first-order valence-corrected chi connectivity index (χ1v) is 8.97. The van der Waals surface area contributed by atoms with Crippen molar-refractivity contribution in [3.63, 3.8) is 0 Å². The molecule has 0 aromatic heterocycles. The molecule has 0 spiro atoms. The lowest BCUT2D eigenvalue weighted by molar-refractivity contribution is -0.104. The number of hydrogen-bond acceptors (Lipinski definition) is 5. The minimum absolute atomic E-state index is 0.255. The molecule has 6 heteroatoms. The molecule has 0 aromatic rings. The molecular formula is C15H28ClN3OS. The van der Waals surface area contributed by atoms with Crippen molar-refractivity contribution in [3.05, 3.63) is 10.1 Å². The first kappa shape index (κ1) is 20.6. The van der Waals surface area contributed by atoms with Gasteiger partial charge in [0.05, 0.1) is 4.91 Å². The van der Waals surface area contributed by atoms with E-state index < -0.39 is 0 Å². The molecule has 0 aromatic carbocycles. The van der Waals surface area contributed by atoms with E-state index in [-0.39, 0.29) is 5.16 Å². The summed E-state index contributed by atoms with van der Waals surface area (Å²) in [6, 6.07) is 0. The van der Waals surface area contributed by atoms with Gasteiger partial charge in [-0.05, 0) is 39.1 Å². The smallest absolute Gasteiger partial charge is 0.159 e. The number of likely N-dealkylation sites (N-methyl/N-ethyl adjacent to an activating group) is 1. The SMILES string of the molecule is C/C=N/C(Cl)=C(/C=O)SC.CCC1CCN(CCNC)C1. The molecule has 1 N–H and O–H groups in total. The molecule has 1 aliphatic heterocycles. The molecular weight excluding hydrogens is 306 g/mol. The van der Waals surface area contributed by atoms with Crippen molar-refractivity contribution >= 4 is 35.9 Å². The molecule has 0 saturated carbocycles. The van der Waals surface area contributed by atoms with E-state index in [0.717, 1.165) is 12.5 Å². The molecule has 0 aliphatic carbocycles. The second-order valence-electron chi connectivity index (χ2n) is 4.83. The summed E-state index contributed by atoms with van der Waals surface area (Å²) in [4.78, 5) is 17.0. The highest BCUT2D eigenvalue weighted by Crippen LogP contribution is 2.18. The van der Waals surface area contributed by atoms with Crippen LogP contribution in [0, 0.1) is 5.92 Å². The number of aldehydes is 1. The highest BCUT2D eigenvalue weighted by atomic mass is 35.5. The third-order valence-electron chi connectivity index (χ3n) is 3.40. The molecule has 1 heterocycles. The molecule has 1 atom stereocenters. The number of nitrogens with one attached hydrogen (secondary N) is 1. The second kappa shape index (κ2) is 13.3. The average molecular weight is 334 g/mol. The Hall–Kier alpha value is -0.360. The van der Waals surface area contributed by atoms with Gasteiger partial charge in [-0.3, -0.25) is 4.79 Å². The van der Waals surface area contributed by atoms with Crippen LogP contribution in [0.5, 0.6) is 0 Å². The van der Waals surface area contributed by atoms with Crippen LogP contribution in [-0.4, -0.2) is 56.9 Å². The minimum Gasteiger partial charge on any atom is -0.318 e. The van der Waals surface area contributed by atoms with E-state index >= 15 is 0 Å². The Morgan fingerprint density at radius 3 is 2.71 bits per heavy atom. The van der Waals surface area contributed by atoms with Gasteiger partial charge >= 0.3 is 0 Å². The summed E-state index contributed by atoms with van der Waals surface area (Å²) in [5.41, 5.74) is 0. The van der Waals surface area contributed by atoms with Crippen LogP contribution in [0.15, 0.2) is 15.1 Å². The fourth-order valence-electron chi connectivity index (χ4n) is 2.08. The van der Waals surface area contributed by atoms with Crippen LogP contribution < -0.4 is 5.32 Å². The lowest BCUT2D eigenvalue weighted by Gasteiger charge is -2.14. The Bertz CT molecular complexity index is 348. The fraction of sp³-hybridized carbons (Fsp3) is 0.733. The van der Waals surface area contributed by atoms with E-state index in [4.69, 9.17) is 11.6 Å². The maximum atomic E-state index is 10.2. The number of hydrogen-bond donors (Lipinski definition) is 1. The molecule has 1 fully saturated rings. The van der Waals surface area contributed by atoms with Crippen molar-refractivity contribution in [2.24, 2.45) is 10.9 Å². The van der Waals surface area contributed by atoms with E-state index in [9.17, 15) is 4.79 Å². The van der Waals surface area contributed by atoms with Gasteiger partial charge in [0.2, 0.25) is 0 Å². The number of thioether (sulfide) groups is 1. The van der Waals surface area contributed by atoms with Gasteiger partial charge in [0.25, 0.3) is 0 Å². The molecule has 122 valence electrons. The van der Waals surface area contributed by atoms with Crippen LogP contribution >= 0.6 is 23.4 Å². The van der Waals surface area contributed by atoms with Crippen LogP contribution in [0.2, 0.25) is 0 Å². The van der Waals surface area contributed by atoms with E-state index in [1.807, 2.05) is 7.05 Å². The van der Waals surface area contributed by atoms with Gasteiger partial charge in [0.15, 0.2) is 6.29 Å². The Morgan fingerprint density at radius 2 is 2.29 bits per heavy atom. The number of carbonyl (C=O) groups is 1. The summed E-state index contributed by atoms with van der Waals surface area (Å²) in [6.45, 7) is 9.05. The number of aliphatic imine (C=N–C) groups is 1. The quantitative estimate of drug-likeness (QED) is 0.337. The third-order valence-corrected chi connectivity index (χ3v) is 4.54. The number of nitrogens with zero attached hydrogens (tertiary/aromatic N) is 2. The first-order valence-electron chi connectivity index (χ1n) is 7.37. The number of allylic oxidation sites excluding steroid dienone is 1. The normalized spacial score (nSPS) is 20.1. The van der Waals surface area contributed by atoms with Gasteiger partial charge < -0.3 is 10.2 Å². The van der Waals surface area contributed by atoms with Gasteiger partial charge in [-0.1, -0.05) is 24.9 Å². The van der Waals surface area contributed by atoms with Gasteiger partial charge in [-0.2, -0.15) is 0 Å². The van der Waals surface area contributed by atoms with Crippen molar-refractivity contribution in [1.82, 2.24) is 10.2 Å². The zero-order valence-corrected chi connectivity index (χ0v) is 15.1. The summed E-state index contributed by atoms with van der Waals surface area (Å²) in [5.74, 6) is 0.979. The van der Waals surface area contributed by atoms with Crippen LogP contribution in [0.4, 0.5) is 0 Å². The molecule has 1 unspecified atom stereocenters. The molecule has 0 amide bonds. The molecule has 0 radical (unpaired) electrons. The predicted octanol–water partition coefficient (Wildman–Crippen LogP) is 2.98. The number of carbonyl (C=O) groups excluding carboxylic acids is 1. The van der Waals surface area contributed by atoms with E-state index in [0.29, 0.717) is 11.2 Å². The summed E-state index contributed by atoms with van der Waals surface area (Å²) in [6.07, 6.45) is 6.79. The Morgan fingerprint density at radius 1 is 1.57 bits per heavy atom. The standard InChI is InChI=1S/C9H20N2.C6H8ClNOS/c1-3-9-4-6-11(8-9)7-5-10-2;1-3-8-6(7)5(4-9)10-2/h9-10H,3-8H2,1-2H3;3-4H,1-2H3/b;6-5-,8-3+. The molecule has 1 saturated heterocycles. The fourth-order valence-corrected chi connectivity index (χ4v) is 2.77. The van der Waals surface area contributed by atoms with E-state index in [1.165, 1.54) is 44.2 Å². The van der Waals surface area contributed by atoms with Crippen molar-refractivity contribution < 1.29 is 4.79 Å². The second-order valence-corrected chi connectivity index (χ2v) is 6.04. The highest BCUT2D eigenvalue weighted by molar-refractivity contribution is 8.03. The lowest BCUT2D eigenvalue weighted by Crippen LogP contribution is -2.28. The lowest BCUT2D eigenvalue weighted by atomic mass is 10.1. The van der Waals surface area contributed by atoms with Crippen LogP contribution in [0.3, 0.4) is 0 Å². The maximum absolute atomic E-state index is 10.2. The number of halogens is 1. The monoisotopic (exact) mass is 333 g/mol. The zero-order valence-electron chi connectivity index (χ0n) is 13.6. The number of likely N-dealkylation sites (tertiary alicyclic amines) is 1. The summed E-state index contributed by atoms with van der Waals surface area (Å²) >= 11 is 6.86. The van der Waals surface area contributed by atoms with Gasteiger partial charge in [0, 0.05) is 25.8 Å². The average Bonchev–Trinajstić information content (AvgIpc) is 2.95.